The monoisotopic (exact) mass is 810 g/mol. The van der Waals surface area contributed by atoms with Crippen LogP contribution in [0.2, 0.25) is 0 Å². The number of hydrogen-bond donors (Lipinski definition) is 5. The minimum atomic E-state index is -4.69. The number of H-pyrrole nitrogens is 2. The minimum absolute atomic E-state index is 0.0161. The molecule has 2 aliphatic rings. The van der Waals surface area contributed by atoms with Crippen LogP contribution in [-0.4, -0.2) is 78.8 Å². The highest BCUT2D eigenvalue weighted by molar-refractivity contribution is 7.86. The largest absolute Gasteiger partial charge is 0.324 e. The fraction of sp³-hybridized carbons (Fsp3) is 0.111. The molecule has 5 heterocycles. The zero-order valence-corrected chi connectivity index (χ0v) is 31.6. The van der Waals surface area contributed by atoms with Crippen LogP contribution in [0, 0.1) is 0 Å². The summed E-state index contributed by atoms with van der Waals surface area (Å²) in [6.07, 6.45) is 0. The molecule has 0 saturated carbocycles. The molecule has 8 bridgehead atoms. The summed E-state index contributed by atoms with van der Waals surface area (Å²) in [5.41, 5.74) is 2.46. The molecule has 0 spiro atoms. The third-order valence-electron chi connectivity index (χ3n) is 9.50. The smallest absolute Gasteiger partial charge is 0.294 e. The molecule has 7 aromatic rings. The van der Waals surface area contributed by atoms with Crippen molar-refractivity contribution < 1.29 is 38.9 Å². The summed E-state index contributed by atoms with van der Waals surface area (Å²) in [7, 11) is -14.0. The van der Waals surface area contributed by atoms with Crippen LogP contribution in [0.5, 0.6) is 0 Å². The van der Waals surface area contributed by atoms with Crippen LogP contribution in [0.4, 0.5) is 0 Å². The molecule has 0 fully saturated rings. The summed E-state index contributed by atoms with van der Waals surface area (Å²) in [5.74, 6) is 0.141. The highest BCUT2D eigenvalue weighted by Crippen LogP contribution is 2.39. The highest BCUT2D eigenvalue weighted by Gasteiger charge is 2.26. The molecule has 0 unspecified atom stereocenters. The lowest BCUT2D eigenvalue weighted by Crippen LogP contribution is -2.10. The van der Waals surface area contributed by atoms with Crippen LogP contribution < -0.4 is 0 Å². The molecular weight excluding hydrogens is 785 g/mol. The molecule has 4 aromatic carbocycles. The highest BCUT2D eigenvalue weighted by atomic mass is 32.2. The lowest BCUT2D eigenvalue weighted by molar-refractivity contribution is 0.481. The Hall–Kier alpha value is -6.03. The first-order chi connectivity index (χ1) is 26.2. The van der Waals surface area contributed by atoms with Gasteiger partial charge in [0.05, 0.1) is 14.7 Å². The molecule has 3 aromatic heterocycles. The van der Waals surface area contributed by atoms with E-state index in [1.165, 1.54) is 48.5 Å². The zero-order valence-electron chi connectivity index (χ0n) is 29.1. The summed E-state index contributed by atoms with van der Waals surface area (Å²) < 4.78 is 103. The number of aromatic nitrogens is 8. The van der Waals surface area contributed by atoms with Gasteiger partial charge in [-0.05, 0) is 71.6 Å². The van der Waals surface area contributed by atoms with Crippen molar-refractivity contribution >= 4 is 74.5 Å². The van der Waals surface area contributed by atoms with Gasteiger partial charge >= 0.3 is 0 Å². The summed E-state index contributed by atoms with van der Waals surface area (Å²) in [4.78, 5) is 33.5. The Kier molecular flexibility index (Phi) is 7.48. The van der Waals surface area contributed by atoms with E-state index in [2.05, 4.69) is 19.9 Å². The minimum Gasteiger partial charge on any atom is -0.324 e. The van der Waals surface area contributed by atoms with E-state index in [4.69, 9.17) is 19.9 Å². The van der Waals surface area contributed by atoms with Crippen molar-refractivity contribution in [3.05, 3.63) is 78.4 Å². The fourth-order valence-electron chi connectivity index (χ4n) is 6.68. The molecule has 2 aliphatic heterocycles. The first kappa shape index (κ1) is 35.7. The van der Waals surface area contributed by atoms with Crippen molar-refractivity contribution in [1.82, 2.24) is 39.9 Å². The SMILES string of the molecule is CC(C)(C)c1ccc2c3nc4nc(nc5[nH]c(nc6nc(nc([nH]3)c2c1)-c1cc(S(=O)(=O)O)ccc1-6)c1cc(S(=O)(=O)O)ccc51)-c1cc(S(=O)(=O)O)ccc1-4. The molecule has 0 radical (unpaired) electrons. The van der Waals surface area contributed by atoms with Crippen molar-refractivity contribution in [2.24, 2.45) is 0 Å². The van der Waals surface area contributed by atoms with Crippen molar-refractivity contribution in [1.29, 1.82) is 0 Å². The second-order valence-corrected chi connectivity index (χ2v) is 18.4. The molecule has 5 N–H and O–H groups in total. The summed E-state index contributed by atoms with van der Waals surface area (Å²) in [6, 6.07) is 17.1. The van der Waals surface area contributed by atoms with Gasteiger partial charge in [-0.1, -0.05) is 32.9 Å². The van der Waals surface area contributed by atoms with Crippen LogP contribution in [0.25, 0.3) is 89.7 Å². The Labute approximate surface area is 316 Å². The third kappa shape index (κ3) is 5.90. The van der Waals surface area contributed by atoms with E-state index in [0.717, 1.165) is 11.6 Å². The standard InChI is InChI=1S/C36H26N8O9S3/c1-36(2,3)16-4-8-20-24(12-16)32-38-28(20)37-29-21-9-5-17(54(45,46)47)13-25(21)33(39-29)40-30-22-10-6-18(55(48,49)50)14-26(22)34(41-30)42-31-23-11-7-19(56(51,52)53)15-27(23)35(43-31)44-32/h4-15H,1-3H3,(H,45,46,47)(H,48,49,50)(H,51,52,53)(H2,37,38,39,40,41,42,43,44). The molecule has 17 nitrogen and oxygen atoms in total. The van der Waals surface area contributed by atoms with Crippen LogP contribution in [0.3, 0.4) is 0 Å². The first-order valence-corrected chi connectivity index (χ1v) is 20.9. The Bertz CT molecular complexity index is 3450. The predicted octanol–water partition coefficient (Wildman–Crippen LogP) is 5.91. The number of nitrogens with zero attached hydrogens (tertiary/aromatic N) is 6. The van der Waals surface area contributed by atoms with Gasteiger partial charge in [0.1, 0.15) is 22.6 Å². The van der Waals surface area contributed by atoms with Crippen molar-refractivity contribution in [3.63, 3.8) is 0 Å². The molecule has 0 aliphatic carbocycles. The van der Waals surface area contributed by atoms with Crippen LogP contribution >= 0.6 is 0 Å². The van der Waals surface area contributed by atoms with Crippen molar-refractivity contribution in [3.8, 4) is 45.6 Å². The van der Waals surface area contributed by atoms with Crippen LogP contribution in [-0.2, 0) is 35.8 Å². The Morgan fingerprint density at radius 3 is 1.21 bits per heavy atom. The Balaban J connectivity index is 1.49. The molecular formula is C36H26N8O9S3. The third-order valence-corrected chi connectivity index (χ3v) is 12.1. The topological polar surface area (TPSA) is 272 Å². The Morgan fingerprint density at radius 2 is 0.786 bits per heavy atom. The van der Waals surface area contributed by atoms with Crippen LogP contribution in [0.1, 0.15) is 26.3 Å². The van der Waals surface area contributed by atoms with Gasteiger partial charge in [-0.2, -0.15) is 25.3 Å². The maximum Gasteiger partial charge on any atom is 0.294 e. The van der Waals surface area contributed by atoms with E-state index in [9.17, 15) is 38.9 Å². The maximum absolute atomic E-state index is 12.3. The number of benzene rings is 4. The molecule has 20 heteroatoms. The van der Waals surface area contributed by atoms with Gasteiger partial charge in [-0.25, -0.2) is 29.9 Å². The van der Waals surface area contributed by atoms with Crippen molar-refractivity contribution in [2.75, 3.05) is 0 Å². The van der Waals surface area contributed by atoms with E-state index in [1.807, 2.05) is 39.0 Å². The van der Waals surface area contributed by atoms with E-state index >= 15 is 0 Å². The quantitative estimate of drug-likeness (QED) is 0.130. The maximum atomic E-state index is 12.3. The molecule has 0 saturated heterocycles. The lowest BCUT2D eigenvalue weighted by Gasteiger charge is -2.18. The molecule has 0 amide bonds. The number of nitrogens with one attached hydrogen (secondary N) is 2. The summed E-state index contributed by atoms with van der Waals surface area (Å²) in [5, 5.41) is 1.72. The number of hydrogen-bond acceptors (Lipinski definition) is 12. The van der Waals surface area contributed by atoms with E-state index in [-0.39, 0.29) is 62.2 Å². The predicted molar refractivity (Wildman–Crippen MR) is 204 cm³/mol. The van der Waals surface area contributed by atoms with Gasteiger partial charge in [0, 0.05) is 43.8 Å². The van der Waals surface area contributed by atoms with Gasteiger partial charge in [0.15, 0.2) is 23.3 Å². The Morgan fingerprint density at radius 1 is 0.429 bits per heavy atom. The van der Waals surface area contributed by atoms with E-state index in [0.29, 0.717) is 32.9 Å². The average molecular weight is 811 g/mol. The van der Waals surface area contributed by atoms with Crippen molar-refractivity contribution in [2.45, 2.75) is 40.9 Å². The number of rotatable bonds is 3. The van der Waals surface area contributed by atoms with E-state index in [1.54, 1.807) is 0 Å². The molecule has 0 atom stereocenters. The van der Waals surface area contributed by atoms with Gasteiger partial charge in [-0.15, -0.1) is 0 Å². The molecule has 56 heavy (non-hydrogen) atoms. The normalized spacial score (nSPS) is 13.2. The second kappa shape index (κ2) is 11.7. The van der Waals surface area contributed by atoms with Gasteiger partial charge in [0.2, 0.25) is 0 Å². The molecule has 9 rings (SSSR count). The second-order valence-electron chi connectivity index (χ2n) is 14.2. The van der Waals surface area contributed by atoms with Gasteiger partial charge in [-0.3, -0.25) is 13.7 Å². The van der Waals surface area contributed by atoms with Gasteiger partial charge < -0.3 is 9.97 Å². The average Bonchev–Trinajstić information content (AvgIpc) is 3.84. The molecule has 282 valence electrons. The summed E-state index contributed by atoms with van der Waals surface area (Å²) >= 11 is 0. The van der Waals surface area contributed by atoms with Crippen LogP contribution in [0.15, 0.2) is 87.5 Å². The zero-order chi connectivity index (χ0) is 39.7. The van der Waals surface area contributed by atoms with E-state index < -0.39 is 45.0 Å². The number of fused-ring (bicyclic) bond motifs is 20. The summed E-state index contributed by atoms with van der Waals surface area (Å²) in [6.45, 7) is 6.13. The fourth-order valence-corrected chi connectivity index (χ4v) is 8.20. The lowest BCUT2D eigenvalue weighted by atomic mass is 9.86. The van der Waals surface area contributed by atoms with Gasteiger partial charge in [0.25, 0.3) is 30.4 Å². The number of aromatic amines is 2. The first-order valence-electron chi connectivity index (χ1n) is 16.5.